The fraction of sp³-hybridized carbons (Fsp3) is 0.480. The number of rotatable bonds is 4. The summed E-state index contributed by atoms with van der Waals surface area (Å²) >= 11 is 0. The minimum atomic E-state index is -0.908. The number of ketones is 1. The van der Waals surface area contributed by atoms with Gasteiger partial charge in [-0.3, -0.25) is 4.79 Å². The van der Waals surface area contributed by atoms with Crippen LogP contribution in [-0.4, -0.2) is 5.78 Å². The summed E-state index contributed by atoms with van der Waals surface area (Å²) in [7, 11) is 0. The smallest absolute Gasteiger partial charge is 0.198 e. The van der Waals surface area contributed by atoms with Crippen LogP contribution in [-0.2, 0) is 0 Å². The molecule has 4 rings (SSSR count). The van der Waals surface area contributed by atoms with E-state index in [0.717, 1.165) is 62.8 Å². The van der Waals surface area contributed by atoms with Crippen molar-refractivity contribution >= 4 is 5.78 Å². The molecule has 0 radical (unpaired) electrons. The van der Waals surface area contributed by atoms with Crippen LogP contribution in [0, 0.1) is 23.3 Å². The summed E-state index contributed by atoms with van der Waals surface area (Å²) in [6, 6.07) is 4.32. The van der Waals surface area contributed by atoms with Gasteiger partial charge in [0.15, 0.2) is 5.78 Å². The van der Waals surface area contributed by atoms with Crippen molar-refractivity contribution in [3.8, 4) is 0 Å². The first-order valence-corrected chi connectivity index (χ1v) is 11.0. The van der Waals surface area contributed by atoms with E-state index in [1.165, 1.54) is 0 Å². The van der Waals surface area contributed by atoms with Crippen molar-refractivity contribution in [1.82, 2.24) is 0 Å². The first-order chi connectivity index (χ1) is 14.5. The van der Waals surface area contributed by atoms with Gasteiger partial charge in [-0.1, -0.05) is 38.5 Å². The summed E-state index contributed by atoms with van der Waals surface area (Å²) in [5, 5.41) is 0. The molecule has 0 amide bonds. The summed E-state index contributed by atoms with van der Waals surface area (Å²) < 4.78 is 59.4. The number of halogens is 4. The lowest BCUT2D eigenvalue weighted by atomic mass is 9.81. The summed E-state index contributed by atoms with van der Waals surface area (Å²) in [5.41, 5.74) is -0.847. The van der Waals surface area contributed by atoms with Crippen LogP contribution in [0.3, 0.4) is 0 Å². The lowest BCUT2D eigenvalue weighted by molar-refractivity contribution is 0.103. The highest BCUT2D eigenvalue weighted by atomic mass is 19.1. The summed E-state index contributed by atoms with van der Waals surface area (Å²) in [5.74, 6) is -4.56. The lowest BCUT2D eigenvalue weighted by Gasteiger charge is -2.24. The first-order valence-electron chi connectivity index (χ1n) is 11.0. The van der Waals surface area contributed by atoms with E-state index in [9.17, 15) is 13.6 Å². The van der Waals surface area contributed by atoms with Crippen molar-refractivity contribution < 1.29 is 22.4 Å². The zero-order valence-electron chi connectivity index (χ0n) is 17.0. The van der Waals surface area contributed by atoms with E-state index in [4.69, 9.17) is 0 Å². The predicted molar refractivity (Wildman–Crippen MR) is 108 cm³/mol. The third-order valence-corrected chi connectivity index (χ3v) is 6.77. The molecule has 0 spiro atoms. The Kier molecular flexibility index (Phi) is 6.26. The van der Waals surface area contributed by atoms with E-state index in [0.29, 0.717) is 25.7 Å². The average Bonchev–Trinajstić information content (AvgIpc) is 2.75. The van der Waals surface area contributed by atoms with Crippen LogP contribution in [0.25, 0.3) is 0 Å². The minimum Gasteiger partial charge on any atom is -0.288 e. The maximum Gasteiger partial charge on any atom is 0.198 e. The Hall–Kier alpha value is -2.17. The van der Waals surface area contributed by atoms with E-state index < -0.39 is 29.1 Å². The van der Waals surface area contributed by atoms with Gasteiger partial charge in [-0.15, -0.1) is 0 Å². The Morgan fingerprint density at radius 3 is 1.33 bits per heavy atom. The standard InChI is InChI=1S/C25H26F4O/c26-19-13-11-17(23(28)21(19)15-7-3-1-4-8-15)25(30)18-12-14-20(27)22(24(18)29)16-9-5-2-6-10-16/h11-16H,1-10H2. The van der Waals surface area contributed by atoms with Crippen LogP contribution < -0.4 is 0 Å². The lowest BCUT2D eigenvalue weighted by Crippen LogP contribution is -2.16. The molecule has 2 fully saturated rings. The van der Waals surface area contributed by atoms with Gasteiger partial charge in [-0.2, -0.15) is 0 Å². The molecule has 0 heterocycles. The Bertz CT molecular complexity index is 865. The summed E-state index contributed by atoms with van der Waals surface area (Å²) in [4.78, 5) is 13.1. The molecule has 0 atom stereocenters. The number of benzene rings is 2. The molecule has 0 N–H and O–H groups in total. The van der Waals surface area contributed by atoms with Gasteiger partial charge in [0.05, 0.1) is 11.1 Å². The maximum atomic E-state index is 15.3. The van der Waals surface area contributed by atoms with Gasteiger partial charge in [0.25, 0.3) is 0 Å². The Labute approximate surface area is 174 Å². The zero-order valence-corrected chi connectivity index (χ0v) is 17.0. The zero-order chi connectivity index (χ0) is 21.3. The third-order valence-electron chi connectivity index (χ3n) is 6.77. The second-order valence-corrected chi connectivity index (χ2v) is 8.64. The second-order valence-electron chi connectivity index (χ2n) is 8.64. The number of hydrogen-bond acceptors (Lipinski definition) is 1. The number of carbonyl (C=O) groups excluding carboxylic acids is 1. The van der Waals surface area contributed by atoms with Gasteiger partial charge in [0, 0.05) is 11.1 Å². The Morgan fingerprint density at radius 2 is 0.967 bits per heavy atom. The first kappa shape index (κ1) is 21.1. The fourth-order valence-electron chi connectivity index (χ4n) is 5.17. The molecule has 0 unspecified atom stereocenters. The highest BCUT2D eigenvalue weighted by Gasteiger charge is 2.30. The van der Waals surface area contributed by atoms with E-state index in [2.05, 4.69) is 0 Å². The van der Waals surface area contributed by atoms with Crippen LogP contribution >= 0.6 is 0 Å². The molecule has 0 aliphatic heterocycles. The SMILES string of the molecule is O=C(c1ccc(F)c(C2CCCCC2)c1F)c1ccc(F)c(C2CCCCC2)c1F. The van der Waals surface area contributed by atoms with Gasteiger partial charge in [-0.05, 0) is 61.8 Å². The molecule has 2 aliphatic rings. The normalized spacial score (nSPS) is 18.5. The molecule has 0 aromatic heterocycles. The van der Waals surface area contributed by atoms with Crippen LogP contribution in [0.2, 0.25) is 0 Å². The van der Waals surface area contributed by atoms with Gasteiger partial charge < -0.3 is 0 Å². The summed E-state index contributed by atoms with van der Waals surface area (Å²) in [6.07, 6.45) is 8.29. The molecular weight excluding hydrogens is 392 g/mol. The highest BCUT2D eigenvalue weighted by molar-refractivity contribution is 6.09. The minimum absolute atomic E-state index is 0.0735. The second kappa shape index (κ2) is 8.91. The van der Waals surface area contributed by atoms with Crippen LogP contribution in [0.15, 0.2) is 24.3 Å². The summed E-state index contributed by atoms with van der Waals surface area (Å²) in [6.45, 7) is 0. The van der Waals surface area contributed by atoms with Crippen molar-refractivity contribution in [2.45, 2.75) is 76.0 Å². The van der Waals surface area contributed by atoms with E-state index in [-0.39, 0.29) is 34.1 Å². The van der Waals surface area contributed by atoms with Gasteiger partial charge in [-0.25, -0.2) is 17.6 Å². The maximum absolute atomic E-state index is 15.3. The van der Waals surface area contributed by atoms with Crippen molar-refractivity contribution in [2.75, 3.05) is 0 Å². The van der Waals surface area contributed by atoms with E-state index in [1.54, 1.807) is 0 Å². The molecule has 0 saturated heterocycles. The molecule has 160 valence electrons. The predicted octanol–water partition coefficient (Wildman–Crippen LogP) is 7.57. The van der Waals surface area contributed by atoms with Gasteiger partial charge in [0.2, 0.25) is 0 Å². The Morgan fingerprint density at radius 1 is 0.600 bits per heavy atom. The third kappa shape index (κ3) is 3.91. The van der Waals surface area contributed by atoms with Crippen molar-refractivity contribution in [1.29, 1.82) is 0 Å². The molecule has 2 aromatic rings. The molecule has 5 heteroatoms. The molecule has 0 bridgehead atoms. The molecule has 30 heavy (non-hydrogen) atoms. The molecule has 2 aliphatic carbocycles. The quantitative estimate of drug-likeness (QED) is 0.370. The van der Waals surface area contributed by atoms with Crippen molar-refractivity contribution in [3.05, 3.63) is 69.8 Å². The van der Waals surface area contributed by atoms with Crippen LogP contribution in [0.1, 0.15) is 103 Å². The molecular formula is C25H26F4O. The fourth-order valence-corrected chi connectivity index (χ4v) is 5.17. The van der Waals surface area contributed by atoms with Crippen LogP contribution in [0.4, 0.5) is 17.6 Å². The topological polar surface area (TPSA) is 17.1 Å². The number of carbonyl (C=O) groups is 1. The average molecular weight is 418 g/mol. The van der Waals surface area contributed by atoms with E-state index in [1.807, 2.05) is 0 Å². The monoisotopic (exact) mass is 418 g/mol. The van der Waals surface area contributed by atoms with Gasteiger partial charge in [0.1, 0.15) is 23.3 Å². The van der Waals surface area contributed by atoms with Gasteiger partial charge >= 0.3 is 0 Å². The van der Waals surface area contributed by atoms with Crippen molar-refractivity contribution in [3.63, 3.8) is 0 Å². The molecule has 2 saturated carbocycles. The van der Waals surface area contributed by atoms with Crippen molar-refractivity contribution in [2.24, 2.45) is 0 Å². The van der Waals surface area contributed by atoms with E-state index >= 15 is 8.78 Å². The molecule has 2 aromatic carbocycles. The Balaban J connectivity index is 1.73. The number of hydrogen-bond donors (Lipinski definition) is 0. The van der Waals surface area contributed by atoms with Crippen LogP contribution in [0.5, 0.6) is 0 Å². The highest BCUT2D eigenvalue weighted by Crippen LogP contribution is 2.39. The molecule has 1 nitrogen and oxygen atoms in total. The largest absolute Gasteiger partial charge is 0.288 e.